The van der Waals surface area contributed by atoms with Crippen LogP contribution in [0.25, 0.3) is 10.4 Å². The molecule has 0 aliphatic rings. The summed E-state index contributed by atoms with van der Waals surface area (Å²) in [5, 5.41) is -0.323. The molecule has 0 saturated heterocycles. The van der Waals surface area contributed by atoms with Crippen LogP contribution >= 0.6 is 11.6 Å². The van der Waals surface area contributed by atoms with Crippen molar-refractivity contribution >= 4 is 30.4 Å². The number of sulfonamides is 1. The Hall–Kier alpha value is -0.353. The van der Waals surface area contributed by atoms with Crippen LogP contribution in [0, 0.1) is 0 Å². The minimum Gasteiger partial charge on any atom is -0.377 e. The van der Waals surface area contributed by atoms with Crippen molar-refractivity contribution in [2.45, 2.75) is 30.7 Å². The Morgan fingerprint density at radius 3 is 2.25 bits per heavy atom. The van der Waals surface area contributed by atoms with Crippen LogP contribution in [0.5, 0.6) is 0 Å². The zero-order chi connectivity index (χ0) is 15.6. The SMILES string of the molecule is CO[Si](CCCC(Cl)CCS(=O)(=O)N=[N+]=[N-])(OC)OC. The first-order valence-electron chi connectivity index (χ1n) is 5.93. The van der Waals surface area contributed by atoms with Crippen LogP contribution in [0.4, 0.5) is 0 Å². The summed E-state index contributed by atoms with van der Waals surface area (Å²) in [6.45, 7) is 0. The van der Waals surface area contributed by atoms with Crippen LogP contribution < -0.4 is 0 Å². The van der Waals surface area contributed by atoms with Crippen LogP contribution in [0.15, 0.2) is 4.52 Å². The summed E-state index contributed by atoms with van der Waals surface area (Å²) >= 11 is 6.04. The second-order valence-electron chi connectivity index (χ2n) is 4.03. The first-order chi connectivity index (χ1) is 9.34. The molecule has 0 aliphatic carbocycles. The lowest BCUT2D eigenvalue weighted by Crippen LogP contribution is -2.42. The smallest absolute Gasteiger partial charge is 0.377 e. The molecule has 0 saturated carbocycles. The van der Waals surface area contributed by atoms with Crippen molar-refractivity contribution in [1.82, 2.24) is 0 Å². The van der Waals surface area contributed by atoms with Crippen LogP contribution in [-0.2, 0) is 23.3 Å². The topological polar surface area (TPSA) is 111 Å². The molecule has 0 aromatic carbocycles. The van der Waals surface area contributed by atoms with Crippen LogP contribution in [0.3, 0.4) is 0 Å². The van der Waals surface area contributed by atoms with Crippen molar-refractivity contribution in [2.75, 3.05) is 27.1 Å². The molecule has 1 atom stereocenters. The van der Waals surface area contributed by atoms with Gasteiger partial charge < -0.3 is 13.3 Å². The molecule has 0 heterocycles. The second-order valence-corrected chi connectivity index (χ2v) is 9.47. The predicted molar refractivity (Wildman–Crippen MR) is 78.0 cm³/mol. The van der Waals surface area contributed by atoms with E-state index in [2.05, 4.69) is 9.43 Å². The molecule has 0 fully saturated rings. The molecule has 0 radical (unpaired) electrons. The fourth-order valence-electron chi connectivity index (χ4n) is 1.61. The Balaban J connectivity index is 4.12. The number of azide groups is 1. The van der Waals surface area contributed by atoms with E-state index in [1.165, 1.54) is 21.3 Å². The van der Waals surface area contributed by atoms with Crippen LogP contribution in [0.2, 0.25) is 6.04 Å². The Labute approximate surface area is 125 Å². The monoisotopic (exact) mass is 345 g/mol. The van der Waals surface area contributed by atoms with E-state index >= 15 is 0 Å². The van der Waals surface area contributed by atoms with E-state index in [4.69, 9.17) is 30.4 Å². The third-order valence-corrected chi connectivity index (χ3v) is 7.13. The first-order valence-corrected chi connectivity index (χ1v) is 9.91. The highest BCUT2D eigenvalue weighted by Gasteiger charge is 2.37. The average molecular weight is 346 g/mol. The van der Waals surface area contributed by atoms with Gasteiger partial charge in [0.15, 0.2) is 0 Å². The summed E-state index contributed by atoms with van der Waals surface area (Å²) < 4.78 is 40.9. The predicted octanol–water partition coefficient (Wildman–Crippen LogP) is 2.28. The summed E-state index contributed by atoms with van der Waals surface area (Å²) in [5.41, 5.74) is 8.09. The Kier molecular flexibility index (Phi) is 9.39. The van der Waals surface area contributed by atoms with Gasteiger partial charge in [0, 0.05) is 42.2 Å². The highest BCUT2D eigenvalue weighted by atomic mass is 35.5. The molecule has 118 valence electrons. The molecule has 0 rings (SSSR count). The zero-order valence-corrected chi connectivity index (χ0v) is 14.4. The van der Waals surface area contributed by atoms with Gasteiger partial charge in [-0.25, -0.2) is 8.42 Å². The third kappa shape index (κ3) is 7.43. The molecule has 11 heteroatoms. The maximum atomic E-state index is 11.2. The van der Waals surface area contributed by atoms with Gasteiger partial charge in [0.2, 0.25) is 10.0 Å². The largest absolute Gasteiger partial charge is 0.500 e. The number of rotatable bonds is 11. The van der Waals surface area contributed by atoms with Crippen LogP contribution in [-0.4, -0.2) is 49.7 Å². The number of hydrogen-bond acceptors (Lipinski definition) is 5. The lowest BCUT2D eigenvalue weighted by atomic mass is 10.2. The highest BCUT2D eigenvalue weighted by molar-refractivity contribution is 7.89. The van der Waals surface area contributed by atoms with Gasteiger partial charge in [-0.1, -0.05) is 0 Å². The second kappa shape index (κ2) is 9.56. The van der Waals surface area contributed by atoms with E-state index in [-0.39, 0.29) is 17.6 Å². The molecule has 0 amide bonds. The molecule has 0 aromatic rings. The van der Waals surface area contributed by atoms with Crippen molar-refractivity contribution in [1.29, 1.82) is 0 Å². The van der Waals surface area contributed by atoms with Gasteiger partial charge in [0.1, 0.15) is 0 Å². The summed E-state index contributed by atoms with van der Waals surface area (Å²) in [6.07, 6.45) is 1.51. The molecule has 0 bridgehead atoms. The van der Waals surface area contributed by atoms with Crippen molar-refractivity contribution in [2.24, 2.45) is 4.52 Å². The first kappa shape index (κ1) is 19.6. The molecule has 0 N–H and O–H groups in total. The molecule has 1 unspecified atom stereocenters. The van der Waals surface area contributed by atoms with Crippen molar-refractivity contribution in [3.63, 3.8) is 0 Å². The molecule has 0 aromatic heterocycles. The molecular weight excluding hydrogens is 326 g/mol. The minimum absolute atomic E-state index is 0.227. The summed E-state index contributed by atoms with van der Waals surface area (Å²) in [7, 11) is -1.74. The number of halogens is 1. The summed E-state index contributed by atoms with van der Waals surface area (Å²) in [5.74, 6) is -0.257. The number of hydrogen-bond donors (Lipinski definition) is 0. The molecule has 0 spiro atoms. The standard InChI is InChI=1S/C9H20ClN3O5SSi/c1-16-20(17-2,18-3)8-4-5-9(10)6-7-19(14,15)13-12-11/h9H,4-8H2,1-3H3. The molecule has 0 aliphatic heterocycles. The van der Waals surface area contributed by atoms with Gasteiger partial charge in [-0.05, 0) is 24.8 Å². The maximum Gasteiger partial charge on any atom is 0.500 e. The van der Waals surface area contributed by atoms with E-state index in [1.54, 1.807) is 0 Å². The Morgan fingerprint density at radius 2 is 1.80 bits per heavy atom. The minimum atomic E-state index is -3.74. The van der Waals surface area contributed by atoms with Crippen molar-refractivity contribution in [3.8, 4) is 0 Å². The average Bonchev–Trinajstić information content (AvgIpc) is 2.42. The van der Waals surface area contributed by atoms with Crippen LogP contribution in [0.1, 0.15) is 19.3 Å². The Bertz CT molecular complexity index is 417. The lowest BCUT2D eigenvalue weighted by Gasteiger charge is -2.24. The third-order valence-electron chi connectivity index (χ3n) is 2.78. The quantitative estimate of drug-likeness (QED) is 0.187. The van der Waals surface area contributed by atoms with E-state index in [9.17, 15) is 8.42 Å². The zero-order valence-electron chi connectivity index (χ0n) is 11.8. The van der Waals surface area contributed by atoms with Crippen molar-refractivity contribution in [3.05, 3.63) is 10.4 Å². The normalized spacial score (nSPS) is 13.8. The number of nitrogens with zero attached hydrogens (tertiary/aromatic N) is 3. The van der Waals surface area contributed by atoms with Gasteiger partial charge in [-0.15, -0.1) is 11.6 Å². The van der Waals surface area contributed by atoms with E-state index in [0.717, 1.165) is 0 Å². The molecule has 8 nitrogen and oxygen atoms in total. The van der Waals surface area contributed by atoms with Crippen molar-refractivity contribution < 1.29 is 21.7 Å². The van der Waals surface area contributed by atoms with E-state index in [1.807, 2.05) is 0 Å². The van der Waals surface area contributed by atoms with Gasteiger partial charge >= 0.3 is 8.80 Å². The van der Waals surface area contributed by atoms with Gasteiger partial charge in [-0.2, -0.15) is 0 Å². The number of alkyl halides is 1. The fraction of sp³-hybridized carbons (Fsp3) is 1.00. The maximum absolute atomic E-state index is 11.2. The lowest BCUT2D eigenvalue weighted by molar-refractivity contribution is 0.123. The van der Waals surface area contributed by atoms with E-state index < -0.39 is 18.8 Å². The summed E-state index contributed by atoms with van der Waals surface area (Å²) in [6, 6.07) is 0.600. The van der Waals surface area contributed by atoms with Gasteiger partial charge in [0.25, 0.3) is 0 Å². The Morgan fingerprint density at radius 1 is 1.25 bits per heavy atom. The highest BCUT2D eigenvalue weighted by Crippen LogP contribution is 2.20. The van der Waals surface area contributed by atoms with E-state index in [0.29, 0.717) is 18.9 Å². The fourth-order valence-corrected chi connectivity index (χ4v) is 4.53. The molecular formula is C9H20ClN3O5SSi. The molecule has 20 heavy (non-hydrogen) atoms. The summed E-state index contributed by atoms with van der Waals surface area (Å²) in [4.78, 5) is 2.26. The van der Waals surface area contributed by atoms with Gasteiger partial charge in [-0.3, -0.25) is 0 Å². The van der Waals surface area contributed by atoms with Gasteiger partial charge in [0.05, 0.1) is 5.75 Å².